The molecule has 0 aliphatic heterocycles. The van der Waals surface area contributed by atoms with Crippen LogP contribution in [0.25, 0.3) is 5.52 Å². The van der Waals surface area contributed by atoms with Crippen molar-refractivity contribution in [2.24, 2.45) is 0 Å². The minimum Gasteiger partial charge on any atom is -0.487 e. The average Bonchev–Trinajstić information content (AvgIpc) is 2.93. The molecule has 0 aliphatic carbocycles. The number of halogens is 3. The molecule has 3 rings (SSSR count). The zero-order valence-electron chi connectivity index (χ0n) is 14.0. The van der Waals surface area contributed by atoms with Crippen molar-refractivity contribution in [2.45, 2.75) is 19.7 Å². The lowest BCUT2D eigenvalue weighted by molar-refractivity contribution is -0.142. The standard InChI is InChI=1S/C18H15F3N2O3/c1-11-8-13-5-6-14(9-23(13)15(11)17(24)25-2)26-10-12-4-3-7-22-16(12)18(19,20)21/h3-9H,10H2,1-2H3. The Hall–Kier alpha value is -3.03. The Morgan fingerprint density at radius 1 is 1.27 bits per heavy atom. The molecule has 3 heterocycles. The molecule has 0 radical (unpaired) electrons. The minimum absolute atomic E-state index is 0.0722. The number of nitrogens with zero attached hydrogens (tertiary/aromatic N) is 2. The van der Waals surface area contributed by atoms with Crippen LogP contribution in [-0.4, -0.2) is 22.5 Å². The molecule has 3 aromatic heterocycles. The van der Waals surface area contributed by atoms with E-state index in [1.807, 2.05) is 0 Å². The Morgan fingerprint density at radius 3 is 2.73 bits per heavy atom. The van der Waals surface area contributed by atoms with Crippen LogP contribution in [0.15, 0.2) is 42.7 Å². The molecule has 0 spiro atoms. The van der Waals surface area contributed by atoms with Crippen molar-refractivity contribution in [3.8, 4) is 5.75 Å². The molecule has 0 saturated heterocycles. The fourth-order valence-corrected chi connectivity index (χ4v) is 2.70. The van der Waals surface area contributed by atoms with E-state index in [0.29, 0.717) is 11.4 Å². The fraction of sp³-hybridized carbons (Fsp3) is 0.222. The van der Waals surface area contributed by atoms with E-state index in [2.05, 4.69) is 4.98 Å². The number of methoxy groups -OCH3 is 1. The maximum atomic E-state index is 13.0. The van der Waals surface area contributed by atoms with Gasteiger partial charge in [-0.1, -0.05) is 6.07 Å². The number of rotatable bonds is 4. The maximum Gasteiger partial charge on any atom is 0.433 e. The van der Waals surface area contributed by atoms with Gasteiger partial charge in [0.1, 0.15) is 18.1 Å². The molecule has 0 saturated carbocycles. The molecule has 136 valence electrons. The van der Waals surface area contributed by atoms with Gasteiger partial charge in [-0.15, -0.1) is 0 Å². The Balaban J connectivity index is 1.90. The molecule has 0 unspecified atom stereocenters. The zero-order valence-corrected chi connectivity index (χ0v) is 14.0. The summed E-state index contributed by atoms with van der Waals surface area (Å²) in [6.45, 7) is 1.47. The molecule has 0 bridgehead atoms. The van der Waals surface area contributed by atoms with Gasteiger partial charge in [0.05, 0.1) is 13.3 Å². The molecular weight excluding hydrogens is 349 g/mol. The quantitative estimate of drug-likeness (QED) is 0.656. The lowest BCUT2D eigenvalue weighted by atomic mass is 10.2. The molecular formula is C18H15F3N2O3. The SMILES string of the molecule is COC(=O)c1c(C)cc2ccc(OCc3cccnc3C(F)(F)F)cn12. The van der Waals surface area contributed by atoms with Crippen molar-refractivity contribution in [3.63, 3.8) is 0 Å². The van der Waals surface area contributed by atoms with Gasteiger partial charge in [-0.25, -0.2) is 4.79 Å². The molecule has 26 heavy (non-hydrogen) atoms. The summed E-state index contributed by atoms with van der Waals surface area (Å²) in [5, 5.41) is 0. The summed E-state index contributed by atoms with van der Waals surface area (Å²) in [4.78, 5) is 15.3. The highest BCUT2D eigenvalue weighted by Gasteiger charge is 2.35. The first-order valence-electron chi connectivity index (χ1n) is 7.65. The van der Waals surface area contributed by atoms with Crippen LogP contribution in [0.1, 0.15) is 27.3 Å². The van der Waals surface area contributed by atoms with Gasteiger partial charge in [0.15, 0.2) is 5.69 Å². The van der Waals surface area contributed by atoms with Gasteiger partial charge < -0.3 is 13.9 Å². The van der Waals surface area contributed by atoms with Crippen molar-refractivity contribution in [1.82, 2.24) is 9.38 Å². The van der Waals surface area contributed by atoms with Gasteiger partial charge in [0.2, 0.25) is 0 Å². The van der Waals surface area contributed by atoms with Gasteiger partial charge >= 0.3 is 12.1 Å². The van der Waals surface area contributed by atoms with Crippen LogP contribution in [0, 0.1) is 6.92 Å². The molecule has 3 aromatic rings. The molecule has 5 nitrogen and oxygen atoms in total. The maximum absolute atomic E-state index is 13.0. The monoisotopic (exact) mass is 364 g/mol. The van der Waals surface area contributed by atoms with E-state index in [1.165, 1.54) is 25.4 Å². The Labute approximate surface area is 147 Å². The van der Waals surface area contributed by atoms with Crippen molar-refractivity contribution >= 4 is 11.5 Å². The van der Waals surface area contributed by atoms with E-state index in [1.54, 1.807) is 29.5 Å². The number of alkyl halides is 3. The smallest absolute Gasteiger partial charge is 0.433 e. The highest BCUT2D eigenvalue weighted by Crippen LogP contribution is 2.30. The van der Waals surface area contributed by atoms with Crippen molar-refractivity contribution in [2.75, 3.05) is 7.11 Å². The molecule has 0 aliphatic rings. The third-order valence-electron chi connectivity index (χ3n) is 3.86. The summed E-state index contributed by atoms with van der Waals surface area (Å²) >= 11 is 0. The summed E-state index contributed by atoms with van der Waals surface area (Å²) in [6, 6.07) is 7.87. The summed E-state index contributed by atoms with van der Waals surface area (Å²) in [7, 11) is 1.28. The van der Waals surface area contributed by atoms with Crippen molar-refractivity contribution in [1.29, 1.82) is 0 Å². The minimum atomic E-state index is -4.56. The van der Waals surface area contributed by atoms with Crippen molar-refractivity contribution < 1.29 is 27.4 Å². The average molecular weight is 364 g/mol. The summed E-state index contributed by atoms with van der Waals surface area (Å²) in [6.07, 6.45) is -1.93. The Morgan fingerprint density at radius 2 is 2.04 bits per heavy atom. The lowest BCUT2D eigenvalue weighted by Crippen LogP contribution is -2.13. The van der Waals surface area contributed by atoms with Gasteiger partial charge in [0.25, 0.3) is 0 Å². The predicted molar refractivity (Wildman–Crippen MR) is 87.0 cm³/mol. The number of hydrogen-bond acceptors (Lipinski definition) is 4. The van der Waals surface area contributed by atoms with Crippen LogP contribution < -0.4 is 4.74 Å². The second-order valence-corrected chi connectivity index (χ2v) is 5.62. The third kappa shape index (κ3) is 3.35. The highest BCUT2D eigenvalue weighted by molar-refractivity contribution is 5.91. The first-order chi connectivity index (χ1) is 12.3. The topological polar surface area (TPSA) is 52.8 Å². The van der Waals surface area contributed by atoms with E-state index in [0.717, 1.165) is 17.3 Å². The van der Waals surface area contributed by atoms with Gasteiger partial charge in [0, 0.05) is 17.3 Å². The molecule has 0 atom stereocenters. The van der Waals surface area contributed by atoms with Crippen LogP contribution in [-0.2, 0) is 17.5 Å². The fourth-order valence-electron chi connectivity index (χ4n) is 2.70. The van der Waals surface area contributed by atoms with E-state index in [4.69, 9.17) is 9.47 Å². The Bertz CT molecular complexity index is 964. The van der Waals surface area contributed by atoms with Crippen LogP contribution >= 0.6 is 0 Å². The van der Waals surface area contributed by atoms with Crippen molar-refractivity contribution in [3.05, 3.63) is 65.2 Å². The van der Waals surface area contributed by atoms with Crippen LogP contribution in [0.5, 0.6) is 5.75 Å². The first kappa shape index (κ1) is 17.8. The number of fused-ring (bicyclic) bond motifs is 1. The molecule has 0 fully saturated rings. The number of aromatic nitrogens is 2. The number of esters is 1. The number of carbonyl (C=O) groups excluding carboxylic acids is 1. The van der Waals surface area contributed by atoms with E-state index in [9.17, 15) is 18.0 Å². The van der Waals surface area contributed by atoms with Gasteiger partial charge in [-0.05, 0) is 36.8 Å². The third-order valence-corrected chi connectivity index (χ3v) is 3.86. The summed E-state index contributed by atoms with van der Waals surface area (Å²) in [5.74, 6) is -0.193. The number of carbonyl (C=O) groups is 1. The molecule has 8 heteroatoms. The van der Waals surface area contributed by atoms with E-state index >= 15 is 0 Å². The van der Waals surface area contributed by atoms with Gasteiger partial charge in [-0.2, -0.15) is 13.2 Å². The molecule has 0 N–H and O–H groups in total. The van der Waals surface area contributed by atoms with Crippen LogP contribution in [0.4, 0.5) is 13.2 Å². The second kappa shape index (κ2) is 6.70. The first-order valence-corrected chi connectivity index (χ1v) is 7.65. The largest absolute Gasteiger partial charge is 0.487 e. The number of aryl methyl sites for hydroxylation is 1. The van der Waals surface area contributed by atoms with Crippen LogP contribution in [0.3, 0.4) is 0 Å². The zero-order chi connectivity index (χ0) is 18.9. The van der Waals surface area contributed by atoms with E-state index < -0.39 is 17.8 Å². The highest BCUT2D eigenvalue weighted by atomic mass is 19.4. The number of pyridine rings is 2. The normalized spacial score (nSPS) is 11.6. The number of ether oxygens (including phenoxy) is 2. The Kier molecular flexibility index (Phi) is 4.58. The van der Waals surface area contributed by atoms with Gasteiger partial charge in [-0.3, -0.25) is 4.98 Å². The summed E-state index contributed by atoms with van der Waals surface area (Å²) < 4.78 is 50.8. The van der Waals surface area contributed by atoms with Crippen LogP contribution in [0.2, 0.25) is 0 Å². The molecule has 0 amide bonds. The lowest BCUT2D eigenvalue weighted by Gasteiger charge is -2.13. The summed E-state index contributed by atoms with van der Waals surface area (Å²) in [5.41, 5.74) is 0.753. The molecule has 0 aromatic carbocycles. The second-order valence-electron chi connectivity index (χ2n) is 5.62. The predicted octanol–water partition coefficient (Wildman–Crippen LogP) is 4.03. The van der Waals surface area contributed by atoms with E-state index in [-0.39, 0.29) is 12.2 Å². The number of hydrogen-bond donors (Lipinski definition) is 0.